The van der Waals surface area contributed by atoms with Crippen LogP contribution in [0.25, 0.3) is 0 Å². The van der Waals surface area contributed by atoms with Crippen molar-refractivity contribution in [2.24, 2.45) is 8.80 Å². The molecule has 0 bridgehead atoms. The fourth-order valence-electron chi connectivity index (χ4n) is 2.58. The highest BCUT2D eigenvalue weighted by atomic mass is 32.2. The van der Waals surface area contributed by atoms with Gasteiger partial charge in [0.15, 0.2) is 21.6 Å². The van der Waals surface area contributed by atoms with Crippen LogP contribution in [0, 0.1) is 0 Å². The number of benzene rings is 1. The zero-order valence-electron chi connectivity index (χ0n) is 15.6. The standard InChI is InChI=1S/C16H18BN5O4S3/c1-3-22(4-2)29(25,26)16-13(23)12(9-27-16)19-15-14(20-28(24)21-15)18-11-8-6-5-7-10(11)17/h5-9,23H,3-4H2,1-2H3,(H,18,20)(H,19,21). The number of sulfonamides is 1. The molecule has 29 heavy (non-hydrogen) atoms. The number of para-hydroxylation sites is 1. The third kappa shape index (κ3) is 4.37. The molecule has 3 rings (SSSR count). The lowest BCUT2D eigenvalue weighted by atomic mass is 9.94. The fourth-order valence-corrected chi connectivity index (χ4v) is 6.03. The molecule has 0 aliphatic carbocycles. The number of thiophene rings is 1. The lowest BCUT2D eigenvalue weighted by Crippen LogP contribution is -2.30. The van der Waals surface area contributed by atoms with Crippen molar-refractivity contribution in [3.8, 4) is 5.75 Å². The Morgan fingerprint density at radius 2 is 1.72 bits per heavy atom. The van der Waals surface area contributed by atoms with Crippen LogP contribution in [0.4, 0.5) is 11.4 Å². The Labute approximate surface area is 176 Å². The first-order chi connectivity index (χ1) is 13.8. The number of hydrogen-bond acceptors (Lipinski definition) is 7. The van der Waals surface area contributed by atoms with Gasteiger partial charge in [-0.05, 0) is 6.07 Å². The quantitative estimate of drug-likeness (QED) is 0.567. The Kier molecular flexibility index (Phi) is 6.41. The smallest absolute Gasteiger partial charge is 0.269 e. The van der Waals surface area contributed by atoms with Crippen LogP contribution in [0.5, 0.6) is 5.75 Å². The second-order valence-corrected chi connectivity index (χ2v) is 9.66. The average Bonchev–Trinajstić information content (AvgIpc) is 3.21. The first kappa shape index (κ1) is 21.5. The number of nitrogens with zero attached hydrogens (tertiary/aromatic N) is 3. The molecule has 2 radical (unpaired) electrons. The highest BCUT2D eigenvalue weighted by Crippen LogP contribution is 2.39. The van der Waals surface area contributed by atoms with Gasteiger partial charge in [-0.3, -0.25) is 0 Å². The summed E-state index contributed by atoms with van der Waals surface area (Å²) in [5, 5.41) is 17.7. The Bertz CT molecular complexity index is 1110. The summed E-state index contributed by atoms with van der Waals surface area (Å²) in [5.74, 6) is -0.188. The Hall–Kier alpha value is -2.22. The van der Waals surface area contributed by atoms with Crippen molar-refractivity contribution < 1.29 is 17.7 Å². The SMILES string of the molecule is [B]c1ccccc1NC1=NS(=O)N=C1Nc1csc(S(=O)(=O)N(CC)CC)c1O. The maximum absolute atomic E-state index is 12.7. The summed E-state index contributed by atoms with van der Waals surface area (Å²) in [6.45, 7) is 4.00. The molecule has 1 aromatic heterocycles. The van der Waals surface area contributed by atoms with Gasteiger partial charge in [-0.25, -0.2) is 12.6 Å². The molecule has 3 N–H and O–H groups in total. The highest BCUT2D eigenvalue weighted by Gasteiger charge is 2.30. The molecule has 13 heteroatoms. The molecule has 9 nitrogen and oxygen atoms in total. The van der Waals surface area contributed by atoms with Gasteiger partial charge in [-0.2, -0.15) is 4.31 Å². The Balaban J connectivity index is 1.86. The van der Waals surface area contributed by atoms with Crippen LogP contribution >= 0.6 is 11.3 Å². The molecule has 0 fully saturated rings. The number of aromatic hydroxyl groups is 1. The van der Waals surface area contributed by atoms with Crippen LogP contribution < -0.4 is 16.1 Å². The van der Waals surface area contributed by atoms with E-state index < -0.39 is 26.9 Å². The Morgan fingerprint density at radius 1 is 1.14 bits per heavy atom. The third-order valence-electron chi connectivity index (χ3n) is 4.04. The third-order valence-corrected chi connectivity index (χ3v) is 8.26. The Morgan fingerprint density at radius 3 is 2.31 bits per heavy atom. The van der Waals surface area contributed by atoms with E-state index in [0.717, 1.165) is 11.3 Å². The minimum absolute atomic E-state index is 0.0893. The van der Waals surface area contributed by atoms with Gasteiger partial charge in [0.1, 0.15) is 7.85 Å². The molecule has 1 aliphatic rings. The van der Waals surface area contributed by atoms with Gasteiger partial charge in [0.05, 0.1) is 5.69 Å². The average molecular weight is 451 g/mol. The van der Waals surface area contributed by atoms with Crippen LogP contribution in [0.15, 0.2) is 42.7 Å². The molecule has 2 heterocycles. The van der Waals surface area contributed by atoms with Crippen LogP contribution in [0.1, 0.15) is 13.8 Å². The molecule has 0 saturated carbocycles. The van der Waals surface area contributed by atoms with Gasteiger partial charge >= 0.3 is 0 Å². The molecule has 0 saturated heterocycles. The van der Waals surface area contributed by atoms with E-state index in [-0.39, 0.29) is 34.7 Å². The lowest BCUT2D eigenvalue weighted by Gasteiger charge is -2.17. The van der Waals surface area contributed by atoms with Crippen molar-refractivity contribution in [2.75, 3.05) is 23.7 Å². The van der Waals surface area contributed by atoms with Gasteiger partial charge in [-0.15, -0.1) is 20.1 Å². The molecule has 0 spiro atoms. The summed E-state index contributed by atoms with van der Waals surface area (Å²) in [5.41, 5.74) is 1.12. The van der Waals surface area contributed by atoms with E-state index in [1.807, 2.05) is 0 Å². The van der Waals surface area contributed by atoms with Crippen molar-refractivity contribution in [2.45, 2.75) is 18.1 Å². The van der Waals surface area contributed by atoms with Crippen molar-refractivity contribution in [1.29, 1.82) is 0 Å². The molecule has 0 amide bonds. The van der Waals surface area contributed by atoms with Crippen molar-refractivity contribution >= 4 is 68.9 Å². The van der Waals surface area contributed by atoms with Gasteiger partial charge in [0.2, 0.25) is 0 Å². The van der Waals surface area contributed by atoms with Crippen molar-refractivity contribution in [3.05, 3.63) is 29.6 Å². The van der Waals surface area contributed by atoms with Crippen LogP contribution in [-0.2, 0) is 21.2 Å². The van der Waals surface area contributed by atoms with Crippen molar-refractivity contribution in [3.63, 3.8) is 0 Å². The van der Waals surface area contributed by atoms with E-state index in [9.17, 15) is 17.7 Å². The zero-order valence-corrected chi connectivity index (χ0v) is 18.1. The number of nitrogens with one attached hydrogen (secondary N) is 2. The van der Waals surface area contributed by atoms with Crippen LogP contribution in [0.3, 0.4) is 0 Å². The van der Waals surface area contributed by atoms with E-state index >= 15 is 0 Å². The number of hydrogen-bond donors (Lipinski definition) is 3. The largest absolute Gasteiger partial charge is 0.504 e. The molecule has 152 valence electrons. The normalized spacial score (nSPS) is 16.6. The minimum atomic E-state index is -3.82. The maximum atomic E-state index is 12.7. The highest BCUT2D eigenvalue weighted by molar-refractivity contribution is 7.91. The molecular formula is C16H18BN5O4S3. The maximum Gasteiger partial charge on any atom is 0.269 e. The summed E-state index contributed by atoms with van der Waals surface area (Å²) in [4.78, 5) is 0. The number of anilines is 2. The monoisotopic (exact) mass is 451 g/mol. The second-order valence-electron chi connectivity index (χ2n) is 5.82. The number of amidine groups is 2. The molecule has 1 aliphatic heterocycles. The summed E-state index contributed by atoms with van der Waals surface area (Å²) < 4.78 is 46.0. The summed E-state index contributed by atoms with van der Waals surface area (Å²) in [6.07, 6.45) is 0. The van der Waals surface area contributed by atoms with Gasteiger partial charge < -0.3 is 15.7 Å². The first-order valence-corrected chi connectivity index (χ1v) is 11.9. The van der Waals surface area contributed by atoms with Gasteiger partial charge in [-0.1, -0.05) is 37.5 Å². The van der Waals surface area contributed by atoms with E-state index in [1.165, 1.54) is 9.69 Å². The van der Waals surface area contributed by atoms with E-state index in [1.54, 1.807) is 38.1 Å². The topological polar surface area (TPSA) is 123 Å². The lowest BCUT2D eigenvalue weighted by molar-refractivity contribution is 0.434. The zero-order chi connectivity index (χ0) is 21.2. The predicted octanol–water partition coefficient (Wildman–Crippen LogP) is 1.19. The van der Waals surface area contributed by atoms with E-state index in [2.05, 4.69) is 19.4 Å². The fraction of sp³-hybridized carbons (Fsp3) is 0.250. The van der Waals surface area contributed by atoms with Gasteiger partial charge in [0.25, 0.3) is 21.2 Å². The number of rotatable bonds is 6. The molecular weight excluding hydrogens is 433 g/mol. The van der Waals surface area contributed by atoms with Crippen molar-refractivity contribution in [1.82, 2.24) is 4.31 Å². The minimum Gasteiger partial charge on any atom is -0.504 e. The van der Waals surface area contributed by atoms with Crippen LogP contribution in [-0.4, -0.2) is 54.6 Å². The molecule has 1 atom stereocenters. The first-order valence-electron chi connectivity index (χ1n) is 8.56. The summed E-state index contributed by atoms with van der Waals surface area (Å²) in [6, 6.07) is 6.94. The molecule has 1 unspecified atom stereocenters. The molecule has 1 aromatic carbocycles. The van der Waals surface area contributed by atoms with Crippen LogP contribution in [0.2, 0.25) is 0 Å². The van der Waals surface area contributed by atoms with E-state index in [0.29, 0.717) is 11.2 Å². The predicted molar refractivity (Wildman–Crippen MR) is 118 cm³/mol. The summed E-state index contributed by atoms with van der Waals surface area (Å²) >= 11 is -0.978. The van der Waals surface area contributed by atoms with Gasteiger partial charge in [0, 0.05) is 24.2 Å². The second kappa shape index (κ2) is 8.65. The molecule has 2 aromatic rings. The summed E-state index contributed by atoms with van der Waals surface area (Å²) in [7, 11) is 2.07. The van der Waals surface area contributed by atoms with E-state index in [4.69, 9.17) is 7.85 Å².